The second-order valence-corrected chi connectivity index (χ2v) is 2.36. The highest BCUT2D eigenvalue weighted by atomic mass is 16.5. The molecule has 0 radical (unpaired) electrons. The first-order chi connectivity index (χ1) is 4.97. The van der Waals surface area contributed by atoms with Crippen LogP contribution < -0.4 is 5.32 Å². The summed E-state index contributed by atoms with van der Waals surface area (Å²) in [7, 11) is 0. The van der Waals surface area contributed by atoms with Crippen LogP contribution in [0.25, 0.3) is 0 Å². The minimum Gasteiger partial charge on any atom is -0.472 e. The molecule has 2 aliphatic heterocycles. The van der Waals surface area contributed by atoms with E-state index in [2.05, 4.69) is 5.32 Å². The van der Waals surface area contributed by atoms with Gasteiger partial charge in [0, 0.05) is 17.8 Å². The van der Waals surface area contributed by atoms with E-state index < -0.39 is 0 Å². The Hall–Kier alpha value is -1.18. The number of hydrogen-bond donors (Lipinski definition) is 1. The van der Waals surface area contributed by atoms with Gasteiger partial charge in [-0.2, -0.15) is 0 Å². The van der Waals surface area contributed by atoms with Crippen LogP contribution in [0.1, 0.15) is 6.42 Å². The molecule has 0 aromatic rings. The molecule has 52 valence electrons. The quantitative estimate of drug-likeness (QED) is 0.540. The van der Waals surface area contributed by atoms with Gasteiger partial charge in [0.25, 0.3) is 0 Å². The second kappa shape index (κ2) is 2.21. The zero-order chi connectivity index (χ0) is 6.81. The average molecular weight is 135 g/mol. The predicted octanol–water partition coefficient (Wildman–Crippen LogP) is 1.29. The highest BCUT2D eigenvalue weighted by molar-refractivity contribution is 5.36. The summed E-state index contributed by atoms with van der Waals surface area (Å²) >= 11 is 0. The molecule has 2 rings (SSSR count). The van der Waals surface area contributed by atoms with Gasteiger partial charge >= 0.3 is 0 Å². The Morgan fingerprint density at radius 1 is 1.50 bits per heavy atom. The lowest BCUT2D eigenvalue weighted by Crippen LogP contribution is -2.02. The summed E-state index contributed by atoms with van der Waals surface area (Å²) in [4.78, 5) is 0. The first-order valence-corrected chi connectivity index (χ1v) is 3.42. The maximum absolute atomic E-state index is 5.07. The number of hydrogen-bond acceptors (Lipinski definition) is 2. The van der Waals surface area contributed by atoms with E-state index >= 15 is 0 Å². The highest BCUT2D eigenvalue weighted by Crippen LogP contribution is 2.19. The van der Waals surface area contributed by atoms with Crippen molar-refractivity contribution in [3.8, 4) is 0 Å². The van der Waals surface area contributed by atoms with Gasteiger partial charge in [-0.25, -0.2) is 0 Å². The molecule has 2 heteroatoms. The minimum absolute atomic E-state index is 1.04. The van der Waals surface area contributed by atoms with Crippen molar-refractivity contribution in [3.05, 3.63) is 35.9 Å². The van der Waals surface area contributed by atoms with E-state index in [-0.39, 0.29) is 0 Å². The van der Waals surface area contributed by atoms with E-state index in [0.717, 1.165) is 13.0 Å². The molecule has 0 aromatic heterocycles. The molecule has 2 aliphatic rings. The number of allylic oxidation sites excluding steroid dienone is 3. The van der Waals surface area contributed by atoms with E-state index in [4.69, 9.17) is 4.74 Å². The van der Waals surface area contributed by atoms with Crippen molar-refractivity contribution in [2.75, 3.05) is 6.54 Å². The Morgan fingerprint density at radius 3 is 3.50 bits per heavy atom. The highest BCUT2D eigenvalue weighted by Gasteiger charge is 2.12. The van der Waals surface area contributed by atoms with Gasteiger partial charge in [0.05, 0.1) is 12.5 Å². The van der Waals surface area contributed by atoms with Crippen molar-refractivity contribution in [3.63, 3.8) is 0 Å². The summed E-state index contributed by atoms with van der Waals surface area (Å²) in [5, 5.41) is 3.26. The summed E-state index contributed by atoms with van der Waals surface area (Å²) in [6.07, 6.45) is 8.49. The third-order valence-electron chi connectivity index (χ3n) is 1.69. The molecule has 0 aromatic carbocycles. The average Bonchev–Trinajstić information content (AvgIpc) is 2.28. The van der Waals surface area contributed by atoms with Gasteiger partial charge in [0.2, 0.25) is 0 Å². The minimum atomic E-state index is 1.04. The van der Waals surface area contributed by atoms with Crippen molar-refractivity contribution in [2.45, 2.75) is 6.42 Å². The molecule has 1 fully saturated rings. The van der Waals surface area contributed by atoms with Gasteiger partial charge in [0.15, 0.2) is 0 Å². The van der Waals surface area contributed by atoms with Crippen LogP contribution in [0, 0.1) is 0 Å². The van der Waals surface area contributed by atoms with Gasteiger partial charge < -0.3 is 10.1 Å². The van der Waals surface area contributed by atoms with Crippen molar-refractivity contribution < 1.29 is 4.74 Å². The Balaban J connectivity index is 2.34. The van der Waals surface area contributed by atoms with E-state index in [1.165, 1.54) is 11.3 Å². The third kappa shape index (κ3) is 0.817. The van der Waals surface area contributed by atoms with Crippen LogP contribution in [0.15, 0.2) is 35.9 Å². The number of ether oxygens (including phenoxy) is 1. The van der Waals surface area contributed by atoms with Gasteiger partial charge in [-0.1, -0.05) is 0 Å². The molecule has 2 heterocycles. The molecular formula is C8H9NO. The van der Waals surface area contributed by atoms with Crippen LogP contribution in [0.4, 0.5) is 0 Å². The Bertz CT molecular complexity index is 225. The fourth-order valence-corrected chi connectivity index (χ4v) is 1.17. The molecule has 0 unspecified atom stereocenters. The first kappa shape index (κ1) is 5.59. The Morgan fingerprint density at radius 2 is 2.50 bits per heavy atom. The molecule has 10 heavy (non-hydrogen) atoms. The van der Waals surface area contributed by atoms with Crippen molar-refractivity contribution in [2.24, 2.45) is 0 Å². The summed E-state index contributed by atoms with van der Waals surface area (Å²) in [5.41, 5.74) is 2.47. The van der Waals surface area contributed by atoms with Crippen molar-refractivity contribution in [1.29, 1.82) is 0 Å². The van der Waals surface area contributed by atoms with Crippen LogP contribution in [-0.2, 0) is 4.74 Å². The molecule has 0 saturated carbocycles. The van der Waals surface area contributed by atoms with Gasteiger partial charge in [-0.05, 0) is 18.6 Å². The zero-order valence-corrected chi connectivity index (χ0v) is 5.63. The second-order valence-electron chi connectivity index (χ2n) is 2.36. The summed E-state index contributed by atoms with van der Waals surface area (Å²) in [6.45, 7) is 1.04. The molecule has 0 amide bonds. The summed E-state index contributed by atoms with van der Waals surface area (Å²) in [6, 6.07) is 0. The molecule has 0 bridgehead atoms. The molecular weight excluding hydrogens is 126 g/mol. The van der Waals surface area contributed by atoms with Crippen LogP contribution >= 0.6 is 0 Å². The maximum atomic E-state index is 5.07. The summed E-state index contributed by atoms with van der Waals surface area (Å²) < 4.78 is 5.07. The fraction of sp³-hybridized carbons (Fsp3) is 0.250. The smallest absolute Gasteiger partial charge is 0.0954 e. The third-order valence-corrected chi connectivity index (χ3v) is 1.69. The molecule has 0 spiro atoms. The standard InChI is InChI=1S/C8H9NO/c1-2-8-7(3-4-9-8)6-10-5-1/h1-2,5-6,9H,3-4H2. The molecule has 2 nitrogen and oxygen atoms in total. The van der Waals surface area contributed by atoms with E-state index in [1.807, 2.05) is 12.2 Å². The van der Waals surface area contributed by atoms with E-state index in [1.54, 1.807) is 12.5 Å². The number of rotatable bonds is 0. The maximum Gasteiger partial charge on any atom is 0.0954 e. The van der Waals surface area contributed by atoms with Gasteiger partial charge in [-0.15, -0.1) is 0 Å². The van der Waals surface area contributed by atoms with Crippen molar-refractivity contribution in [1.82, 2.24) is 5.32 Å². The van der Waals surface area contributed by atoms with Crippen LogP contribution in [-0.4, -0.2) is 6.54 Å². The lowest BCUT2D eigenvalue weighted by Gasteiger charge is -1.95. The predicted molar refractivity (Wildman–Crippen MR) is 39.0 cm³/mol. The zero-order valence-electron chi connectivity index (χ0n) is 5.63. The molecule has 1 saturated heterocycles. The van der Waals surface area contributed by atoms with Gasteiger partial charge in [0.1, 0.15) is 0 Å². The van der Waals surface area contributed by atoms with Crippen LogP contribution in [0.2, 0.25) is 0 Å². The van der Waals surface area contributed by atoms with Crippen LogP contribution in [0.5, 0.6) is 0 Å². The Labute approximate surface area is 59.9 Å². The monoisotopic (exact) mass is 135 g/mol. The normalized spacial score (nSPS) is 21.6. The van der Waals surface area contributed by atoms with Gasteiger partial charge in [-0.3, -0.25) is 0 Å². The van der Waals surface area contributed by atoms with Crippen LogP contribution in [0.3, 0.4) is 0 Å². The first-order valence-electron chi connectivity index (χ1n) is 3.42. The van der Waals surface area contributed by atoms with Crippen molar-refractivity contribution >= 4 is 0 Å². The fourth-order valence-electron chi connectivity index (χ4n) is 1.17. The largest absolute Gasteiger partial charge is 0.472 e. The summed E-state index contributed by atoms with van der Waals surface area (Å²) in [5.74, 6) is 0. The molecule has 0 aliphatic carbocycles. The Kier molecular flexibility index (Phi) is 1.24. The molecule has 0 atom stereocenters. The lowest BCUT2D eigenvalue weighted by molar-refractivity contribution is 0.399. The van der Waals surface area contributed by atoms with E-state index in [0.29, 0.717) is 0 Å². The number of fused-ring (bicyclic) bond motifs is 1. The molecule has 1 N–H and O–H groups in total. The SMILES string of the molecule is C1=COC=C2CCNC2=C1. The topological polar surface area (TPSA) is 21.3 Å². The van der Waals surface area contributed by atoms with E-state index in [9.17, 15) is 0 Å². The lowest BCUT2D eigenvalue weighted by atomic mass is 10.2. The number of nitrogens with one attached hydrogen (secondary N) is 1.